The van der Waals surface area contributed by atoms with Crippen LogP contribution in [0.4, 0.5) is 11.4 Å². The minimum absolute atomic E-state index is 0.574. The molecular formula is C27H26N2O4. The van der Waals surface area contributed by atoms with Gasteiger partial charge in [-0.15, -0.1) is 0 Å². The molecule has 0 spiro atoms. The predicted molar refractivity (Wildman–Crippen MR) is 131 cm³/mol. The first-order valence-electron chi connectivity index (χ1n) is 10.4. The lowest BCUT2D eigenvalue weighted by Crippen LogP contribution is -1.94. The predicted octanol–water partition coefficient (Wildman–Crippen LogP) is 6.04. The summed E-state index contributed by atoms with van der Waals surface area (Å²) in [5.41, 5.74) is 15.2. The lowest BCUT2D eigenvalue weighted by atomic mass is 10.0. The van der Waals surface area contributed by atoms with Gasteiger partial charge in [-0.3, -0.25) is 0 Å². The van der Waals surface area contributed by atoms with E-state index in [1.54, 1.807) is 38.5 Å². The number of methoxy groups -OCH3 is 2. The van der Waals surface area contributed by atoms with Crippen LogP contribution in [0.25, 0.3) is 0 Å². The minimum Gasteiger partial charge on any atom is -0.494 e. The third-order valence-corrected chi connectivity index (χ3v) is 5.14. The Labute approximate surface area is 193 Å². The highest BCUT2D eigenvalue weighted by Gasteiger charge is 2.06. The number of nitrogen functional groups attached to an aromatic ring is 2. The maximum atomic E-state index is 5.91. The number of benzene rings is 4. The van der Waals surface area contributed by atoms with E-state index in [2.05, 4.69) is 24.3 Å². The Morgan fingerprint density at radius 1 is 0.515 bits per heavy atom. The second kappa shape index (κ2) is 9.87. The van der Waals surface area contributed by atoms with Crippen LogP contribution in [0.2, 0.25) is 0 Å². The lowest BCUT2D eigenvalue weighted by molar-refractivity contribution is 0.411. The Kier molecular flexibility index (Phi) is 6.55. The van der Waals surface area contributed by atoms with Crippen molar-refractivity contribution >= 4 is 11.4 Å². The number of ether oxygens (including phenoxy) is 4. The van der Waals surface area contributed by atoms with Gasteiger partial charge in [0.2, 0.25) is 0 Å². The summed E-state index contributed by atoms with van der Waals surface area (Å²) in [7, 11) is 3.16. The molecular weight excluding hydrogens is 416 g/mol. The van der Waals surface area contributed by atoms with Gasteiger partial charge in [-0.1, -0.05) is 24.3 Å². The normalized spacial score (nSPS) is 10.5. The van der Waals surface area contributed by atoms with E-state index in [9.17, 15) is 0 Å². The van der Waals surface area contributed by atoms with Gasteiger partial charge in [-0.25, -0.2) is 0 Å². The Bertz CT molecular complexity index is 1130. The van der Waals surface area contributed by atoms with Gasteiger partial charge in [-0.2, -0.15) is 0 Å². The van der Waals surface area contributed by atoms with Gasteiger partial charge < -0.3 is 30.4 Å². The van der Waals surface area contributed by atoms with Crippen molar-refractivity contribution in [1.82, 2.24) is 0 Å². The van der Waals surface area contributed by atoms with Crippen molar-refractivity contribution in [3.8, 4) is 34.5 Å². The SMILES string of the molecule is COc1cc(Oc2ccc(Cc3ccc(Oc4ccc(N)c(OC)c4)cc3)cc2)ccc1N. The van der Waals surface area contributed by atoms with Crippen molar-refractivity contribution in [1.29, 1.82) is 0 Å². The van der Waals surface area contributed by atoms with Crippen LogP contribution in [0.5, 0.6) is 34.5 Å². The second-order valence-corrected chi connectivity index (χ2v) is 7.48. The zero-order valence-electron chi connectivity index (χ0n) is 18.6. The summed E-state index contributed by atoms with van der Waals surface area (Å²) in [5, 5.41) is 0. The van der Waals surface area contributed by atoms with Gasteiger partial charge in [0, 0.05) is 12.1 Å². The molecule has 0 radical (unpaired) electrons. The smallest absolute Gasteiger partial charge is 0.145 e. The van der Waals surface area contributed by atoms with Crippen molar-refractivity contribution in [2.75, 3.05) is 25.7 Å². The molecule has 6 nitrogen and oxygen atoms in total. The van der Waals surface area contributed by atoms with Crippen LogP contribution in [0.1, 0.15) is 11.1 Å². The zero-order valence-corrected chi connectivity index (χ0v) is 18.6. The highest BCUT2D eigenvalue weighted by Crippen LogP contribution is 2.31. The number of anilines is 2. The molecule has 0 amide bonds. The van der Waals surface area contributed by atoms with E-state index in [1.165, 1.54) is 11.1 Å². The van der Waals surface area contributed by atoms with Crippen molar-refractivity contribution in [2.45, 2.75) is 6.42 Å². The maximum absolute atomic E-state index is 5.91. The molecule has 0 atom stereocenters. The van der Waals surface area contributed by atoms with Crippen LogP contribution in [0, 0.1) is 0 Å². The lowest BCUT2D eigenvalue weighted by Gasteiger charge is -2.11. The van der Waals surface area contributed by atoms with Crippen LogP contribution >= 0.6 is 0 Å². The molecule has 0 aromatic heterocycles. The summed E-state index contributed by atoms with van der Waals surface area (Å²) in [5.74, 6) is 4.01. The van der Waals surface area contributed by atoms with Crippen molar-refractivity contribution in [3.05, 3.63) is 96.1 Å². The Morgan fingerprint density at radius 2 is 0.879 bits per heavy atom. The monoisotopic (exact) mass is 442 g/mol. The standard InChI is InChI=1S/C27H26N2O4/c1-30-26-16-22(11-13-24(26)28)32-20-7-3-18(4-8-20)15-19-5-9-21(10-6-19)33-23-12-14-25(29)27(17-23)31-2/h3-14,16-17H,15,28-29H2,1-2H3. The Morgan fingerprint density at radius 3 is 1.24 bits per heavy atom. The third-order valence-electron chi connectivity index (χ3n) is 5.14. The molecule has 0 aliphatic heterocycles. The summed E-state index contributed by atoms with van der Waals surface area (Å²) >= 11 is 0. The average molecular weight is 443 g/mol. The number of nitrogens with two attached hydrogens (primary N) is 2. The molecule has 4 rings (SSSR count). The maximum Gasteiger partial charge on any atom is 0.145 e. The van der Waals surface area contributed by atoms with Crippen LogP contribution in [0.3, 0.4) is 0 Å². The highest BCUT2D eigenvalue weighted by molar-refractivity contribution is 5.57. The second-order valence-electron chi connectivity index (χ2n) is 7.48. The topological polar surface area (TPSA) is 89.0 Å². The molecule has 4 N–H and O–H groups in total. The molecule has 6 heteroatoms. The zero-order chi connectivity index (χ0) is 23.2. The quantitative estimate of drug-likeness (QED) is 0.323. The molecule has 4 aromatic rings. The van der Waals surface area contributed by atoms with Crippen molar-refractivity contribution in [2.24, 2.45) is 0 Å². The first kappa shape index (κ1) is 21.9. The summed E-state index contributed by atoms with van der Waals surface area (Å²) in [6.45, 7) is 0. The summed E-state index contributed by atoms with van der Waals surface area (Å²) in [6.07, 6.45) is 0.798. The highest BCUT2D eigenvalue weighted by atomic mass is 16.5. The van der Waals surface area contributed by atoms with E-state index in [0.717, 1.165) is 17.9 Å². The fraction of sp³-hybridized carbons (Fsp3) is 0.111. The number of hydrogen-bond acceptors (Lipinski definition) is 6. The fourth-order valence-electron chi connectivity index (χ4n) is 3.37. The first-order valence-corrected chi connectivity index (χ1v) is 10.4. The van der Waals surface area contributed by atoms with Gasteiger partial charge in [0.15, 0.2) is 0 Å². The van der Waals surface area contributed by atoms with Crippen LogP contribution in [0.15, 0.2) is 84.9 Å². The molecule has 0 aliphatic rings. The molecule has 168 valence electrons. The summed E-state index contributed by atoms with van der Waals surface area (Å²) in [4.78, 5) is 0. The van der Waals surface area contributed by atoms with Gasteiger partial charge in [0.05, 0.1) is 25.6 Å². The molecule has 0 bridgehead atoms. The van der Waals surface area contributed by atoms with E-state index in [4.69, 9.17) is 30.4 Å². The van der Waals surface area contributed by atoms with Crippen LogP contribution in [-0.2, 0) is 6.42 Å². The number of hydrogen-bond donors (Lipinski definition) is 2. The van der Waals surface area contributed by atoms with Gasteiger partial charge in [0.1, 0.15) is 34.5 Å². The molecule has 0 fully saturated rings. The minimum atomic E-state index is 0.574. The molecule has 0 unspecified atom stereocenters. The van der Waals surface area contributed by atoms with Gasteiger partial charge in [0.25, 0.3) is 0 Å². The van der Waals surface area contributed by atoms with E-state index in [0.29, 0.717) is 34.4 Å². The molecule has 33 heavy (non-hydrogen) atoms. The van der Waals surface area contributed by atoms with Crippen LogP contribution in [-0.4, -0.2) is 14.2 Å². The first-order chi connectivity index (χ1) is 16.0. The summed E-state index contributed by atoms with van der Waals surface area (Å²) in [6, 6.07) is 26.7. The fourth-order valence-corrected chi connectivity index (χ4v) is 3.37. The van der Waals surface area contributed by atoms with E-state index in [-0.39, 0.29) is 0 Å². The van der Waals surface area contributed by atoms with Gasteiger partial charge in [-0.05, 0) is 66.1 Å². The Hall–Kier alpha value is -4.32. The number of rotatable bonds is 8. The largest absolute Gasteiger partial charge is 0.494 e. The van der Waals surface area contributed by atoms with Crippen LogP contribution < -0.4 is 30.4 Å². The van der Waals surface area contributed by atoms with Gasteiger partial charge >= 0.3 is 0 Å². The Balaban J connectivity index is 1.37. The average Bonchev–Trinajstić information content (AvgIpc) is 2.84. The van der Waals surface area contributed by atoms with Crippen molar-refractivity contribution < 1.29 is 18.9 Å². The molecule has 4 aromatic carbocycles. The third kappa shape index (κ3) is 5.49. The molecule has 0 saturated heterocycles. The van der Waals surface area contributed by atoms with E-state index in [1.807, 2.05) is 36.4 Å². The molecule has 0 saturated carbocycles. The van der Waals surface area contributed by atoms with E-state index < -0.39 is 0 Å². The molecule has 0 aliphatic carbocycles. The van der Waals surface area contributed by atoms with Crippen molar-refractivity contribution in [3.63, 3.8) is 0 Å². The van der Waals surface area contributed by atoms with E-state index >= 15 is 0 Å². The summed E-state index contributed by atoms with van der Waals surface area (Å²) < 4.78 is 22.3. The molecule has 0 heterocycles.